The molecule has 0 spiro atoms. The predicted octanol–water partition coefficient (Wildman–Crippen LogP) is 4.76. The van der Waals surface area contributed by atoms with Crippen molar-refractivity contribution in [3.8, 4) is 11.5 Å². The largest absolute Gasteiger partial charge is 0.482 e. The first-order valence-electron chi connectivity index (χ1n) is 9.80. The number of rotatable bonds is 7. The van der Waals surface area contributed by atoms with E-state index in [2.05, 4.69) is 5.32 Å². The Balaban J connectivity index is 1.54. The molecule has 0 aromatic heterocycles. The van der Waals surface area contributed by atoms with Crippen LogP contribution in [0.3, 0.4) is 0 Å². The molecule has 0 aliphatic rings. The van der Waals surface area contributed by atoms with Crippen LogP contribution in [0.5, 0.6) is 11.5 Å². The van der Waals surface area contributed by atoms with Crippen molar-refractivity contribution in [3.63, 3.8) is 0 Å². The molecule has 0 atom stereocenters. The summed E-state index contributed by atoms with van der Waals surface area (Å²) in [5.74, 6) is -0.329. The van der Waals surface area contributed by atoms with Gasteiger partial charge < -0.3 is 14.8 Å². The summed E-state index contributed by atoms with van der Waals surface area (Å²) in [6.07, 6.45) is 0. The highest BCUT2D eigenvalue weighted by molar-refractivity contribution is 6.04. The number of hydrogen-bond donors (Lipinski definition) is 1. The number of amides is 1. The zero-order chi connectivity index (χ0) is 23.3. The van der Waals surface area contributed by atoms with Crippen LogP contribution in [0.25, 0.3) is 0 Å². The molecule has 8 nitrogen and oxygen atoms in total. The summed E-state index contributed by atoms with van der Waals surface area (Å²) in [6, 6.07) is 16.1. The van der Waals surface area contributed by atoms with Crippen LogP contribution in [0.4, 0.5) is 11.4 Å². The minimum Gasteiger partial charge on any atom is -0.482 e. The van der Waals surface area contributed by atoms with Gasteiger partial charge in [0.05, 0.1) is 4.92 Å². The number of nitrogens with zero attached hydrogens (tertiary/aromatic N) is 1. The van der Waals surface area contributed by atoms with E-state index >= 15 is 0 Å². The maximum absolute atomic E-state index is 12.5. The Morgan fingerprint density at radius 1 is 0.906 bits per heavy atom. The van der Waals surface area contributed by atoms with E-state index in [4.69, 9.17) is 9.47 Å². The molecule has 164 valence electrons. The molecule has 0 bridgehead atoms. The van der Waals surface area contributed by atoms with Gasteiger partial charge in [-0.2, -0.15) is 0 Å². The SMILES string of the molecule is Cc1ccc(NC(=O)c2ccc(OC(=O)COc3ccc([N+](=O)[O-])c(C)c3)cc2)c(C)c1. The standard InChI is InChI=1S/C24H22N2O6/c1-15-4-10-21(16(2)12-15)25-24(28)18-5-7-19(8-6-18)32-23(27)14-31-20-9-11-22(26(29)30)17(3)13-20/h4-13H,14H2,1-3H3,(H,25,28). The molecule has 0 heterocycles. The normalized spacial score (nSPS) is 10.3. The van der Waals surface area contributed by atoms with E-state index in [1.165, 1.54) is 30.3 Å². The average Bonchev–Trinajstić information content (AvgIpc) is 2.74. The predicted molar refractivity (Wildman–Crippen MR) is 119 cm³/mol. The van der Waals surface area contributed by atoms with Crippen LogP contribution in [0.2, 0.25) is 0 Å². The average molecular weight is 434 g/mol. The Morgan fingerprint density at radius 2 is 1.59 bits per heavy atom. The van der Waals surface area contributed by atoms with Gasteiger partial charge >= 0.3 is 5.97 Å². The smallest absolute Gasteiger partial charge is 0.349 e. The van der Waals surface area contributed by atoms with Gasteiger partial charge in [-0.3, -0.25) is 14.9 Å². The van der Waals surface area contributed by atoms with Crippen molar-refractivity contribution >= 4 is 23.3 Å². The Morgan fingerprint density at radius 3 is 2.22 bits per heavy atom. The van der Waals surface area contributed by atoms with Gasteiger partial charge in [-0.25, -0.2) is 4.79 Å². The van der Waals surface area contributed by atoms with E-state index in [1.807, 2.05) is 32.0 Å². The maximum Gasteiger partial charge on any atom is 0.349 e. The van der Waals surface area contributed by atoms with Crippen molar-refractivity contribution in [2.24, 2.45) is 0 Å². The molecular formula is C24H22N2O6. The lowest BCUT2D eigenvalue weighted by molar-refractivity contribution is -0.385. The van der Waals surface area contributed by atoms with Gasteiger partial charge in [0.1, 0.15) is 11.5 Å². The Hall–Kier alpha value is -4.20. The number of benzene rings is 3. The first-order valence-corrected chi connectivity index (χ1v) is 9.80. The Labute approximate surface area is 184 Å². The summed E-state index contributed by atoms with van der Waals surface area (Å²) in [6.45, 7) is 5.12. The fourth-order valence-electron chi connectivity index (χ4n) is 3.05. The number of aryl methyl sites for hydroxylation is 3. The first kappa shape index (κ1) is 22.5. The minimum absolute atomic E-state index is 0.0263. The van der Waals surface area contributed by atoms with Crippen LogP contribution in [-0.2, 0) is 4.79 Å². The summed E-state index contributed by atoms with van der Waals surface area (Å²) in [5, 5.41) is 13.7. The molecular weight excluding hydrogens is 412 g/mol. The van der Waals surface area contributed by atoms with Crippen molar-refractivity contribution in [1.29, 1.82) is 0 Å². The second-order valence-electron chi connectivity index (χ2n) is 7.27. The van der Waals surface area contributed by atoms with Crippen molar-refractivity contribution in [3.05, 3.63) is 93.0 Å². The third-order valence-electron chi connectivity index (χ3n) is 4.70. The number of hydrogen-bond acceptors (Lipinski definition) is 6. The van der Waals surface area contributed by atoms with E-state index in [0.717, 1.165) is 16.8 Å². The highest BCUT2D eigenvalue weighted by Crippen LogP contribution is 2.23. The van der Waals surface area contributed by atoms with E-state index < -0.39 is 10.9 Å². The van der Waals surface area contributed by atoms with E-state index in [-0.39, 0.29) is 24.0 Å². The molecule has 3 rings (SSSR count). The molecule has 3 aromatic carbocycles. The van der Waals surface area contributed by atoms with Gasteiger partial charge in [-0.05, 0) is 68.8 Å². The monoisotopic (exact) mass is 434 g/mol. The Bertz CT molecular complexity index is 1170. The molecule has 0 saturated carbocycles. The van der Waals surface area contributed by atoms with Crippen LogP contribution < -0.4 is 14.8 Å². The second-order valence-corrected chi connectivity index (χ2v) is 7.27. The van der Waals surface area contributed by atoms with Gasteiger partial charge in [0.15, 0.2) is 6.61 Å². The fraction of sp³-hybridized carbons (Fsp3) is 0.167. The van der Waals surface area contributed by atoms with Crippen molar-refractivity contribution < 1.29 is 24.0 Å². The highest BCUT2D eigenvalue weighted by atomic mass is 16.6. The van der Waals surface area contributed by atoms with E-state index in [9.17, 15) is 19.7 Å². The van der Waals surface area contributed by atoms with Crippen molar-refractivity contribution in [2.45, 2.75) is 20.8 Å². The zero-order valence-corrected chi connectivity index (χ0v) is 17.9. The molecule has 32 heavy (non-hydrogen) atoms. The number of nitro benzene ring substituents is 1. The minimum atomic E-state index is -0.645. The molecule has 0 unspecified atom stereocenters. The number of carbonyl (C=O) groups excluding carboxylic acids is 2. The Kier molecular flexibility index (Phi) is 6.84. The van der Waals surface area contributed by atoms with Gasteiger partial charge in [0.2, 0.25) is 0 Å². The molecule has 1 N–H and O–H groups in total. The molecule has 8 heteroatoms. The van der Waals surface area contributed by atoms with Gasteiger partial charge in [-0.15, -0.1) is 0 Å². The summed E-state index contributed by atoms with van der Waals surface area (Å²) in [5.41, 5.74) is 3.63. The highest BCUT2D eigenvalue weighted by Gasteiger charge is 2.13. The van der Waals surface area contributed by atoms with Gasteiger partial charge in [0, 0.05) is 22.9 Å². The molecule has 0 saturated heterocycles. The maximum atomic E-state index is 12.5. The number of anilines is 1. The van der Waals surface area contributed by atoms with Crippen LogP contribution >= 0.6 is 0 Å². The molecule has 0 aliphatic carbocycles. The molecule has 1 amide bonds. The van der Waals surface area contributed by atoms with E-state index in [0.29, 0.717) is 16.9 Å². The second kappa shape index (κ2) is 9.74. The number of esters is 1. The molecule has 0 radical (unpaired) electrons. The first-order chi connectivity index (χ1) is 15.2. The zero-order valence-electron chi connectivity index (χ0n) is 17.9. The van der Waals surface area contributed by atoms with Crippen molar-refractivity contribution in [1.82, 2.24) is 0 Å². The van der Waals surface area contributed by atoms with Crippen LogP contribution in [0.1, 0.15) is 27.0 Å². The number of ether oxygens (including phenoxy) is 2. The van der Waals surface area contributed by atoms with Gasteiger partial charge in [0.25, 0.3) is 11.6 Å². The lowest BCUT2D eigenvalue weighted by Crippen LogP contribution is -2.18. The molecule has 0 fully saturated rings. The lowest BCUT2D eigenvalue weighted by atomic mass is 10.1. The summed E-state index contributed by atoms with van der Waals surface area (Å²) in [7, 11) is 0. The topological polar surface area (TPSA) is 108 Å². The van der Waals surface area contributed by atoms with Gasteiger partial charge in [-0.1, -0.05) is 17.7 Å². The lowest BCUT2D eigenvalue weighted by Gasteiger charge is -2.10. The van der Waals surface area contributed by atoms with Crippen molar-refractivity contribution in [2.75, 3.05) is 11.9 Å². The molecule has 3 aromatic rings. The van der Waals surface area contributed by atoms with Crippen LogP contribution in [-0.4, -0.2) is 23.4 Å². The van der Waals surface area contributed by atoms with E-state index in [1.54, 1.807) is 19.1 Å². The molecule has 0 aliphatic heterocycles. The number of nitro groups is 1. The number of carbonyl (C=O) groups is 2. The third-order valence-corrected chi connectivity index (χ3v) is 4.70. The van der Waals surface area contributed by atoms with Crippen LogP contribution in [0.15, 0.2) is 60.7 Å². The van der Waals surface area contributed by atoms with Crippen LogP contribution in [0, 0.1) is 30.9 Å². The third kappa shape index (κ3) is 5.69. The summed E-state index contributed by atoms with van der Waals surface area (Å²) < 4.78 is 10.6. The summed E-state index contributed by atoms with van der Waals surface area (Å²) >= 11 is 0. The number of nitrogens with one attached hydrogen (secondary N) is 1. The summed E-state index contributed by atoms with van der Waals surface area (Å²) in [4.78, 5) is 34.9. The fourth-order valence-corrected chi connectivity index (χ4v) is 3.05. The quantitative estimate of drug-likeness (QED) is 0.249.